The summed E-state index contributed by atoms with van der Waals surface area (Å²) >= 11 is 5.37. The second kappa shape index (κ2) is 3.54. The van der Waals surface area contributed by atoms with Crippen molar-refractivity contribution in [2.24, 2.45) is 0 Å². The Morgan fingerprint density at radius 3 is 2.92 bits per heavy atom. The van der Waals surface area contributed by atoms with E-state index in [9.17, 15) is 4.79 Å². The summed E-state index contributed by atoms with van der Waals surface area (Å²) in [7, 11) is 0. The van der Waals surface area contributed by atoms with E-state index in [4.69, 9.17) is 0 Å². The van der Waals surface area contributed by atoms with Crippen LogP contribution in [0.15, 0.2) is 3.79 Å². The summed E-state index contributed by atoms with van der Waals surface area (Å²) in [5.74, 6) is 0.396. The van der Waals surface area contributed by atoms with E-state index in [1.807, 2.05) is 11.3 Å². The molecule has 0 saturated heterocycles. The lowest BCUT2D eigenvalue weighted by Gasteiger charge is -2.10. The molecule has 0 amide bonds. The van der Waals surface area contributed by atoms with Gasteiger partial charge in [0.05, 0.1) is 3.79 Å². The van der Waals surface area contributed by atoms with Gasteiger partial charge in [-0.15, -0.1) is 11.3 Å². The molecule has 2 rings (SSSR count). The number of thiophene rings is 1. The zero-order chi connectivity index (χ0) is 9.42. The lowest BCUT2D eigenvalue weighted by atomic mass is 9.94. The highest BCUT2D eigenvalue weighted by Gasteiger charge is 2.22. The number of halogens is 1. The Kier molecular flexibility index (Phi) is 2.56. The molecule has 0 bridgehead atoms. The van der Waals surface area contributed by atoms with Crippen molar-refractivity contribution in [3.8, 4) is 0 Å². The van der Waals surface area contributed by atoms with E-state index in [-0.39, 0.29) is 0 Å². The molecule has 13 heavy (non-hydrogen) atoms. The molecular formula is C10H11BrOS. The first-order valence-corrected chi connectivity index (χ1v) is 6.14. The number of carbonyl (C=O) groups is 1. The lowest BCUT2D eigenvalue weighted by Crippen LogP contribution is -2.12. The maximum atomic E-state index is 11.3. The van der Waals surface area contributed by atoms with Crippen LogP contribution in [0.3, 0.4) is 0 Å². The summed E-state index contributed by atoms with van der Waals surface area (Å²) in [5.41, 5.74) is 2.67. The van der Waals surface area contributed by atoms with Crippen LogP contribution < -0.4 is 0 Å². The maximum absolute atomic E-state index is 11.3. The van der Waals surface area contributed by atoms with Crippen LogP contribution in [0, 0.1) is 0 Å². The topological polar surface area (TPSA) is 17.1 Å². The Hall–Kier alpha value is -0.150. The zero-order valence-electron chi connectivity index (χ0n) is 7.52. The number of ketones is 1. The minimum atomic E-state index is 0.396. The normalized spacial score (nSPS) is 16.0. The fourth-order valence-electron chi connectivity index (χ4n) is 1.82. The summed E-state index contributed by atoms with van der Waals surface area (Å²) < 4.78 is 1.23. The Morgan fingerprint density at radius 2 is 2.23 bits per heavy atom. The van der Waals surface area contributed by atoms with Crippen LogP contribution in [-0.4, -0.2) is 5.78 Å². The SMILES string of the molecule is CCc1c(Br)sc2c1CC(=O)CC2. The molecule has 0 N–H and O–H groups in total. The number of hydrogen-bond donors (Lipinski definition) is 0. The van der Waals surface area contributed by atoms with E-state index < -0.39 is 0 Å². The second-order valence-corrected chi connectivity index (χ2v) is 5.75. The summed E-state index contributed by atoms with van der Waals surface area (Å²) in [6, 6.07) is 0. The van der Waals surface area contributed by atoms with Crippen molar-refractivity contribution < 1.29 is 4.79 Å². The van der Waals surface area contributed by atoms with Gasteiger partial charge in [0.2, 0.25) is 0 Å². The maximum Gasteiger partial charge on any atom is 0.137 e. The van der Waals surface area contributed by atoms with Gasteiger partial charge in [0, 0.05) is 17.7 Å². The molecule has 0 fully saturated rings. The lowest BCUT2D eigenvalue weighted by molar-refractivity contribution is -0.118. The average molecular weight is 259 g/mol. The predicted octanol–water partition coefficient (Wildman–Crippen LogP) is 3.13. The van der Waals surface area contributed by atoms with Crippen molar-refractivity contribution in [1.82, 2.24) is 0 Å². The van der Waals surface area contributed by atoms with Crippen LogP contribution in [0.5, 0.6) is 0 Å². The number of carbonyl (C=O) groups excluding carboxylic acids is 1. The van der Waals surface area contributed by atoms with E-state index in [1.54, 1.807) is 0 Å². The Labute approximate surface area is 90.3 Å². The van der Waals surface area contributed by atoms with Crippen LogP contribution in [-0.2, 0) is 24.1 Å². The molecule has 1 aliphatic rings. The van der Waals surface area contributed by atoms with Crippen molar-refractivity contribution in [3.63, 3.8) is 0 Å². The van der Waals surface area contributed by atoms with E-state index in [0.29, 0.717) is 12.2 Å². The molecule has 0 unspecified atom stereocenters. The minimum absolute atomic E-state index is 0.396. The van der Waals surface area contributed by atoms with Gasteiger partial charge in [-0.3, -0.25) is 4.79 Å². The monoisotopic (exact) mass is 258 g/mol. The molecule has 0 aromatic carbocycles. The van der Waals surface area contributed by atoms with Crippen LogP contribution in [0.1, 0.15) is 29.3 Å². The molecule has 0 saturated carbocycles. The number of Topliss-reactive ketones (excluding diaryl/α,β-unsaturated/α-hetero) is 1. The van der Waals surface area contributed by atoms with Crippen molar-refractivity contribution in [2.45, 2.75) is 32.6 Å². The molecule has 0 radical (unpaired) electrons. The van der Waals surface area contributed by atoms with E-state index in [1.165, 1.54) is 19.8 Å². The van der Waals surface area contributed by atoms with Gasteiger partial charge in [-0.25, -0.2) is 0 Å². The molecule has 70 valence electrons. The second-order valence-electron chi connectivity index (χ2n) is 3.33. The highest BCUT2D eigenvalue weighted by atomic mass is 79.9. The molecule has 0 aliphatic heterocycles. The molecule has 1 heterocycles. The molecule has 1 aromatic rings. The predicted molar refractivity (Wildman–Crippen MR) is 58.4 cm³/mol. The smallest absolute Gasteiger partial charge is 0.137 e. The highest BCUT2D eigenvalue weighted by molar-refractivity contribution is 9.11. The zero-order valence-corrected chi connectivity index (χ0v) is 9.93. The molecule has 0 atom stereocenters. The third-order valence-corrected chi connectivity index (χ3v) is 4.60. The Balaban J connectivity index is 2.48. The third kappa shape index (κ3) is 1.59. The molecule has 1 aliphatic carbocycles. The Morgan fingerprint density at radius 1 is 1.46 bits per heavy atom. The number of hydrogen-bond acceptors (Lipinski definition) is 2. The summed E-state index contributed by atoms with van der Waals surface area (Å²) in [6.45, 7) is 2.15. The summed E-state index contributed by atoms with van der Waals surface area (Å²) in [5, 5.41) is 0. The number of fused-ring (bicyclic) bond motifs is 1. The van der Waals surface area contributed by atoms with Crippen molar-refractivity contribution >= 4 is 33.0 Å². The van der Waals surface area contributed by atoms with Gasteiger partial charge in [0.15, 0.2) is 0 Å². The van der Waals surface area contributed by atoms with Gasteiger partial charge in [-0.1, -0.05) is 6.92 Å². The quantitative estimate of drug-likeness (QED) is 0.757. The van der Waals surface area contributed by atoms with Crippen molar-refractivity contribution in [1.29, 1.82) is 0 Å². The standard InChI is InChI=1S/C10H11BrOS/c1-2-7-8-5-6(12)3-4-9(8)13-10(7)11/h2-5H2,1H3. The van der Waals surface area contributed by atoms with Gasteiger partial charge in [0.1, 0.15) is 5.78 Å². The first-order valence-electron chi connectivity index (χ1n) is 4.53. The van der Waals surface area contributed by atoms with E-state index in [2.05, 4.69) is 22.9 Å². The average Bonchev–Trinajstić information content (AvgIpc) is 2.40. The highest BCUT2D eigenvalue weighted by Crippen LogP contribution is 2.37. The van der Waals surface area contributed by atoms with Gasteiger partial charge < -0.3 is 0 Å². The van der Waals surface area contributed by atoms with Crippen LogP contribution >= 0.6 is 27.3 Å². The van der Waals surface area contributed by atoms with Crippen molar-refractivity contribution in [2.75, 3.05) is 0 Å². The first-order chi connectivity index (χ1) is 6.22. The molecular weight excluding hydrogens is 248 g/mol. The molecule has 1 nitrogen and oxygen atoms in total. The van der Waals surface area contributed by atoms with Crippen LogP contribution in [0.4, 0.5) is 0 Å². The summed E-state index contributed by atoms with van der Waals surface area (Å²) in [6.07, 6.45) is 3.39. The van der Waals surface area contributed by atoms with E-state index >= 15 is 0 Å². The van der Waals surface area contributed by atoms with Crippen LogP contribution in [0.2, 0.25) is 0 Å². The Bertz CT molecular complexity index is 354. The molecule has 3 heteroatoms. The minimum Gasteiger partial charge on any atom is -0.299 e. The van der Waals surface area contributed by atoms with Gasteiger partial charge in [-0.05, 0) is 39.9 Å². The van der Waals surface area contributed by atoms with E-state index in [0.717, 1.165) is 19.3 Å². The van der Waals surface area contributed by atoms with Gasteiger partial charge >= 0.3 is 0 Å². The third-order valence-electron chi connectivity index (χ3n) is 2.51. The fourth-order valence-corrected chi connectivity index (χ4v) is 4.05. The summed E-state index contributed by atoms with van der Waals surface area (Å²) in [4.78, 5) is 12.7. The molecule has 1 aromatic heterocycles. The number of rotatable bonds is 1. The largest absolute Gasteiger partial charge is 0.299 e. The van der Waals surface area contributed by atoms with Crippen LogP contribution in [0.25, 0.3) is 0 Å². The first kappa shape index (κ1) is 9.41. The van der Waals surface area contributed by atoms with Gasteiger partial charge in [0.25, 0.3) is 0 Å². The molecule has 0 spiro atoms. The number of aryl methyl sites for hydroxylation is 1. The van der Waals surface area contributed by atoms with Gasteiger partial charge in [-0.2, -0.15) is 0 Å². The fraction of sp³-hybridized carbons (Fsp3) is 0.500. The van der Waals surface area contributed by atoms with Crippen molar-refractivity contribution in [3.05, 3.63) is 19.8 Å².